The van der Waals surface area contributed by atoms with Crippen molar-refractivity contribution >= 4 is 29.0 Å². The van der Waals surface area contributed by atoms with Crippen molar-refractivity contribution in [2.75, 3.05) is 12.0 Å². The van der Waals surface area contributed by atoms with Gasteiger partial charge in [-0.15, -0.1) is 0 Å². The van der Waals surface area contributed by atoms with Crippen molar-refractivity contribution in [2.45, 2.75) is 30.6 Å². The molecule has 1 fully saturated rings. The van der Waals surface area contributed by atoms with E-state index in [9.17, 15) is 14.9 Å². The first-order chi connectivity index (χ1) is 9.51. The summed E-state index contributed by atoms with van der Waals surface area (Å²) in [5, 5.41) is 14.3. The molecule has 0 radical (unpaired) electrons. The summed E-state index contributed by atoms with van der Waals surface area (Å²) in [6.07, 6.45) is 5.06. The van der Waals surface area contributed by atoms with Crippen LogP contribution in [0.15, 0.2) is 18.2 Å². The van der Waals surface area contributed by atoms with Crippen LogP contribution in [0.3, 0.4) is 0 Å². The summed E-state index contributed by atoms with van der Waals surface area (Å²) < 4.78 is 0. The van der Waals surface area contributed by atoms with Crippen LogP contribution in [0, 0.1) is 10.1 Å². The fourth-order valence-electron chi connectivity index (χ4n) is 2.40. The van der Waals surface area contributed by atoms with Crippen molar-refractivity contribution in [1.29, 1.82) is 0 Å². The predicted molar refractivity (Wildman–Crippen MR) is 79.9 cm³/mol. The molecule has 1 saturated carbocycles. The summed E-state index contributed by atoms with van der Waals surface area (Å²) in [7, 11) is 0. The molecule has 1 aliphatic carbocycles. The van der Waals surface area contributed by atoms with Gasteiger partial charge in [-0.3, -0.25) is 14.9 Å². The first-order valence-corrected chi connectivity index (χ1v) is 7.67. The molecule has 2 atom stereocenters. The van der Waals surface area contributed by atoms with E-state index in [0.29, 0.717) is 5.25 Å². The van der Waals surface area contributed by atoms with Crippen LogP contribution in [-0.4, -0.2) is 28.4 Å². The van der Waals surface area contributed by atoms with Crippen LogP contribution < -0.4 is 11.1 Å². The molecule has 7 heteroatoms. The fraction of sp³-hybridized carbons (Fsp3) is 0.462. The summed E-state index contributed by atoms with van der Waals surface area (Å²) in [5.74, 6) is -0.278. The maximum absolute atomic E-state index is 12.1. The number of rotatable bonds is 4. The third-order valence-electron chi connectivity index (χ3n) is 3.54. The SMILES string of the molecule is CSC1CCC(NC(=O)c2ccc(N)c([N+](=O)[O-])c2)C1. The highest BCUT2D eigenvalue weighted by atomic mass is 32.2. The minimum atomic E-state index is -0.578. The molecule has 0 bridgehead atoms. The lowest BCUT2D eigenvalue weighted by atomic mass is 10.1. The van der Waals surface area contributed by atoms with Gasteiger partial charge in [0.1, 0.15) is 5.69 Å². The van der Waals surface area contributed by atoms with Gasteiger partial charge in [-0.25, -0.2) is 0 Å². The number of nitro groups is 1. The van der Waals surface area contributed by atoms with Gasteiger partial charge in [0.25, 0.3) is 11.6 Å². The fourth-order valence-corrected chi connectivity index (χ4v) is 3.19. The Labute approximate surface area is 121 Å². The van der Waals surface area contributed by atoms with Crippen molar-refractivity contribution in [3.8, 4) is 0 Å². The Bertz CT molecular complexity index is 536. The van der Waals surface area contributed by atoms with Gasteiger partial charge in [-0.05, 0) is 37.7 Å². The second kappa shape index (κ2) is 6.13. The predicted octanol–water partition coefficient (Wildman–Crippen LogP) is 2.19. The van der Waals surface area contributed by atoms with Crippen molar-refractivity contribution in [1.82, 2.24) is 5.32 Å². The number of carbonyl (C=O) groups is 1. The number of hydrogen-bond acceptors (Lipinski definition) is 5. The van der Waals surface area contributed by atoms with Gasteiger partial charge in [-0.2, -0.15) is 11.8 Å². The Morgan fingerprint density at radius 2 is 2.25 bits per heavy atom. The van der Waals surface area contributed by atoms with Crippen LogP contribution in [0.1, 0.15) is 29.6 Å². The number of nitro benzene ring substituents is 1. The molecule has 108 valence electrons. The Morgan fingerprint density at radius 1 is 1.50 bits per heavy atom. The summed E-state index contributed by atoms with van der Waals surface area (Å²) in [6.45, 7) is 0. The number of nitrogens with zero attached hydrogens (tertiary/aromatic N) is 1. The number of nitrogens with one attached hydrogen (secondary N) is 1. The molecule has 6 nitrogen and oxygen atoms in total. The molecule has 0 saturated heterocycles. The van der Waals surface area contributed by atoms with Gasteiger partial charge in [0.15, 0.2) is 0 Å². The largest absolute Gasteiger partial charge is 0.393 e. The quantitative estimate of drug-likeness (QED) is 0.504. The third-order valence-corrected chi connectivity index (χ3v) is 4.64. The van der Waals surface area contributed by atoms with Crippen LogP contribution in [-0.2, 0) is 0 Å². The molecule has 2 rings (SSSR count). The molecule has 1 aliphatic rings. The lowest BCUT2D eigenvalue weighted by Crippen LogP contribution is -2.33. The van der Waals surface area contributed by atoms with Crippen LogP contribution >= 0.6 is 11.8 Å². The molecule has 0 aliphatic heterocycles. The average Bonchev–Trinajstić information content (AvgIpc) is 2.86. The number of nitrogens with two attached hydrogens (primary N) is 1. The lowest BCUT2D eigenvalue weighted by molar-refractivity contribution is -0.383. The molecule has 1 aromatic carbocycles. The molecule has 0 aromatic heterocycles. The molecule has 1 aromatic rings. The number of hydrogen-bond donors (Lipinski definition) is 2. The van der Waals surface area contributed by atoms with Gasteiger partial charge in [0.05, 0.1) is 4.92 Å². The highest BCUT2D eigenvalue weighted by molar-refractivity contribution is 7.99. The molecule has 20 heavy (non-hydrogen) atoms. The van der Waals surface area contributed by atoms with Gasteiger partial charge < -0.3 is 11.1 Å². The lowest BCUT2D eigenvalue weighted by Gasteiger charge is -2.13. The number of nitrogen functional groups attached to an aromatic ring is 1. The molecular weight excluding hydrogens is 278 g/mol. The van der Waals surface area contributed by atoms with E-state index >= 15 is 0 Å². The van der Waals surface area contributed by atoms with Crippen molar-refractivity contribution < 1.29 is 9.72 Å². The van der Waals surface area contributed by atoms with E-state index in [1.165, 1.54) is 18.2 Å². The topological polar surface area (TPSA) is 98.3 Å². The van der Waals surface area contributed by atoms with Gasteiger partial charge >= 0.3 is 0 Å². The smallest absolute Gasteiger partial charge is 0.292 e. The van der Waals surface area contributed by atoms with Crippen LogP contribution in [0.4, 0.5) is 11.4 Å². The molecule has 3 N–H and O–H groups in total. The number of anilines is 1. The summed E-state index contributed by atoms with van der Waals surface area (Å²) in [6, 6.07) is 4.29. The summed E-state index contributed by atoms with van der Waals surface area (Å²) in [5.41, 5.74) is 5.62. The Morgan fingerprint density at radius 3 is 2.85 bits per heavy atom. The maximum Gasteiger partial charge on any atom is 0.292 e. The van der Waals surface area contributed by atoms with Crippen LogP contribution in [0.2, 0.25) is 0 Å². The number of carbonyl (C=O) groups excluding carboxylic acids is 1. The second-order valence-electron chi connectivity index (χ2n) is 4.87. The van der Waals surface area contributed by atoms with E-state index in [1.54, 1.807) is 0 Å². The standard InChI is InChI=1S/C13H17N3O3S/c1-20-10-4-3-9(7-10)15-13(17)8-2-5-11(14)12(6-8)16(18)19/h2,5-6,9-10H,3-4,7,14H2,1H3,(H,15,17). The monoisotopic (exact) mass is 295 g/mol. The van der Waals surface area contributed by atoms with Gasteiger partial charge in [-0.1, -0.05) is 0 Å². The molecule has 0 spiro atoms. The Kier molecular flexibility index (Phi) is 4.49. The van der Waals surface area contributed by atoms with Gasteiger partial charge in [0, 0.05) is 22.9 Å². The molecule has 2 unspecified atom stereocenters. The third kappa shape index (κ3) is 3.22. The average molecular weight is 295 g/mol. The maximum atomic E-state index is 12.1. The van der Waals surface area contributed by atoms with E-state index in [1.807, 2.05) is 11.8 Å². The number of thioether (sulfide) groups is 1. The first-order valence-electron chi connectivity index (χ1n) is 6.39. The zero-order valence-electron chi connectivity index (χ0n) is 11.2. The van der Waals surface area contributed by atoms with Crippen molar-refractivity contribution in [3.63, 3.8) is 0 Å². The normalized spacial score (nSPS) is 21.6. The van der Waals surface area contributed by atoms with Crippen LogP contribution in [0.25, 0.3) is 0 Å². The second-order valence-corrected chi connectivity index (χ2v) is 6.01. The zero-order valence-corrected chi connectivity index (χ0v) is 12.0. The Hall–Kier alpha value is -1.76. The van der Waals surface area contributed by atoms with E-state index in [-0.39, 0.29) is 28.9 Å². The number of benzene rings is 1. The van der Waals surface area contributed by atoms with Crippen molar-refractivity contribution in [3.05, 3.63) is 33.9 Å². The van der Waals surface area contributed by atoms with Crippen LogP contribution in [0.5, 0.6) is 0 Å². The summed E-state index contributed by atoms with van der Waals surface area (Å²) in [4.78, 5) is 22.3. The van der Waals surface area contributed by atoms with E-state index < -0.39 is 4.92 Å². The minimum absolute atomic E-state index is 0.0647. The molecular formula is C13H17N3O3S. The van der Waals surface area contributed by atoms with E-state index in [2.05, 4.69) is 11.6 Å². The zero-order chi connectivity index (χ0) is 14.7. The Balaban J connectivity index is 2.06. The van der Waals surface area contributed by atoms with E-state index in [4.69, 9.17) is 5.73 Å². The highest BCUT2D eigenvalue weighted by Crippen LogP contribution is 2.28. The number of amides is 1. The van der Waals surface area contributed by atoms with E-state index in [0.717, 1.165) is 19.3 Å². The first kappa shape index (κ1) is 14.6. The minimum Gasteiger partial charge on any atom is -0.393 e. The molecule has 0 heterocycles. The van der Waals surface area contributed by atoms with Crippen molar-refractivity contribution in [2.24, 2.45) is 0 Å². The molecule has 1 amide bonds. The summed E-state index contributed by atoms with van der Waals surface area (Å²) >= 11 is 1.81. The highest BCUT2D eigenvalue weighted by Gasteiger charge is 2.26. The van der Waals surface area contributed by atoms with Gasteiger partial charge in [0.2, 0.25) is 0 Å².